The van der Waals surface area contributed by atoms with E-state index in [0.29, 0.717) is 18.8 Å². The molecule has 0 N–H and O–H groups in total. The Labute approximate surface area is 194 Å². The summed E-state index contributed by atoms with van der Waals surface area (Å²) in [6, 6.07) is 13.8. The van der Waals surface area contributed by atoms with E-state index in [2.05, 4.69) is 32.8 Å². The second-order valence-corrected chi connectivity index (χ2v) is 9.28. The lowest BCUT2D eigenvalue weighted by Crippen LogP contribution is -2.49. The van der Waals surface area contributed by atoms with Crippen molar-refractivity contribution in [3.05, 3.63) is 66.1 Å². The van der Waals surface area contributed by atoms with Crippen molar-refractivity contribution >= 4 is 5.91 Å². The highest BCUT2D eigenvalue weighted by molar-refractivity contribution is 5.92. The van der Waals surface area contributed by atoms with Crippen LogP contribution >= 0.6 is 0 Å². The Morgan fingerprint density at radius 3 is 2.55 bits per heavy atom. The smallest absolute Gasteiger partial charge is 0.272 e. The Morgan fingerprint density at radius 2 is 1.76 bits per heavy atom. The number of para-hydroxylation sites is 1. The van der Waals surface area contributed by atoms with Gasteiger partial charge in [-0.25, -0.2) is 0 Å². The molecule has 7 nitrogen and oxygen atoms in total. The molecule has 3 aliphatic heterocycles. The predicted octanol–water partition coefficient (Wildman–Crippen LogP) is 3.56. The average Bonchev–Trinajstić information content (AvgIpc) is 3.54. The fraction of sp³-hybridized carbons (Fsp3) is 0.423. The van der Waals surface area contributed by atoms with Gasteiger partial charge in [0.15, 0.2) is 0 Å². The molecule has 2 aromatic heterocycles. The lowest BCUT2D eigenvalue weighted by Gasteiger charge is -2.44. The number of likely N-dealkylation sites (tertiary alicyclic amines) is 2. The number of ether oxygens (including phenoxy) is 1. The van der Waals surface area contributed by atoms with Gasteiger partial charge in [-0.05, 0) is 50.2 Å². The van der Waals surface area contributed by atoms with E-state index in [1.165, 1.54) is 31.6 Å². The normalized spacial score (nSPS) is 19.2. The molecule has 0 saturated carbocycles. The maximum atomic E-state index is 12.9. The lowest BCUT2D eigenvalue weighted by molar-refractivity contribution is -0.00193. The third-order valence-electron chi connectivity index (χ3n) is 7.35. The number of piperidine rings is 1. The summed E-state index contributed by atoms with van der Waals surface area (Å²) in [5.41, 5.74) is 3.51. The van der Waals surface area contributed by atoms with Gasteiger partial charge in [0.05, 0.1) is 18.4 Å². The van der Waals surface area contributed by atoms with Crippen LogP contribution in [0.1, 0.15) is 41.7 Å². The van der Waals surface area contributed by atoms with Gasteiger partial charge < -0.3 is 14.5 Å². The number of carbonyl (C=O) groups is 1. The average molecular weight is 444 g/mol. The van der Waals surface area contributed by atoms with Gasteiger partial charge in [-0.15, -0.1) is 0 Å². The van der Waals surface area contributed by atoms with Gasteiger partial charge in [-0.2, -0.15) is 5.10 Å². The molecule has 0 aliphatic carbocycles. The molecule has 0 radical (unpaired) electrons. The van der Waals surface area contributed by atoms with Crippen LogP contribution in [-0.2, 0) is 12.1 Å². The van der Waals surface area contributed by atoms with Gasteiger partial charge in [-0.1, -0.05) is 18.2 Å². The minimum atomic E-state index is -0.448. The monoisotopic (exact) mass is 443 g/mol. The molecular weight excluding hydrogens is 414 g/mol. The van der Waals surface area contributed by atoms with Crippen molar-refractivity contribution in [3.63, 3.8) is 0 Å². The number of hydrogen-bond donors (Lipinski definition) is 0. The number of rotatable bonds is 4. The van der Waals surface area contributed by atoms with Gasteiger partial charge in [0.1, 0.15) is 17.0 Å². The number of amides is 1. The second-order valence-electron chi connectivity index (χ2n) is 9.28. The largest absolute Gasteiger partial charge is 0.482 e. The van der Waals surface area contributed by atoms with E-state index < -0.39 is 5.60 Å². The minimum absolute atomic E-state index is 0.0109. The lowest BCUT2D eigenvalue weighted by atomic mass is 9.81. The molecule has 3 aliphatic rings. The molecule has 1 aromatic carbocycles. The molecule has 0 atom stereocenters. The molecule has 2 saturated heterocycles. The van der Waals surface area contributed by atoms with Crippen molar-refractivity contribution < 1.29 is 9.53 Å². The maximum absolute atomic E-state index is 12.9. The third-order valence-corrected chi connectivity index (χ3v) is 7.35. The zero-order valence-electron chi connectivity index (χ0n) is 18.8. The van der Waals surface area contributed by atoms with E-state index in [4.69, 9.17) is 9.84 Å². The van der Waals surface area contributed by atoms with Gasteiger partial charge in [0.25, 0.3) is 5.91 Å². The SMILES string of the molecule is O=C(c1ccccn1)N1CCC2(CC1)Oc1ccccc1-c1c2cnn1CCN1CCCC1. The van der Waals surface area contributed by atoms with E-state index in [1.54, 1.807) is 12.3 Å². The van der Waals surface area contributed by atoms with E-state index in [0.717, 1.165) is 42.8 Å². The first-order chi connectivity index (χ1) is 16.2. The van der Waals surface area contributed by atoms with Crippen LogP contribution < -0.4 is 4.74 Å². The molecule has 2 fully saturated rings. The van der Waals surface area contributed by atoms with Crippen LogP contribution in [-0.4, -0.2) is 63.2 Å². The van der Waals surface area contributed by atoms with Crippen molar-refractivity contribution in [3.8, 4) is 17.0 Å². The van der Waals surface area contributed by atoms with Gasteiger partial charge in [0, 0.05) is 49.8 Å². The molecule has 5 heterocycles. The number of fused-ring (bicyclic) bond motifs is 4. The highest BCUT2D eigenvalue weighted by Gasteiger charge is 2.46. The first-order valence-corrected chi connectivity index (χ1v) is 12.0. The molecular formula is C26H29N5O2. The number of carbonyl (C=O) groups excluding carboxylic acids is 1. The molecule has 0 unspecified atom stereocenters. The third kappa shape index (κ3) is 3.60. The van der Waals surface area contributed by atoms with Crippen LogP contribution in [0.4, 0.5) is 0 Å². The zero-order chi connectivity index (χ0) is 22.3. The van der Waals surface area contributed by atoms with Crippen molar-refractivity contribution in [2.75, 3.05) is 32.7 Å². The Morgan fingerprint density at radius 1 is 0.970 bits per heavy atom. The second kappa shape index (κ2) is 8.30. The summed E-state index contributed by atoms with van der Waals surface area (Å²) < 4.78 is 8.86. The van der Waals surface area contributed by atoms with Gasteiger partial charge >= 0.3 is 0 Å². The molecule has 6 rings (SSSR count). The number of nitrogens with zero attached hydrogens (tertiary/aromatic N) is 5. The summed E-state index contributed by atoms with van der Waals surface area (Å²) in [4.78, 5) is 21.6. The van der Waals surface area contributed by atoms with Crippen LogP contribution in [0, 0.1) is 0 Å². The molecule has 1 amide bonds. The van der Waals surface area contributed by atoms with Crippen molar-refractivity contribution in [1.29, 1.82) is 0 Å². The number of pyridine rings is 1. The summed E-state index contributed by atoms with van der Waals surface area (Å²) in [7, 11) is 0. The Kier molecular flexibility index (Phi) is 5.14. The minimum Gasteiger partial charge on any atom is -0.482 e. The van der Waals surface area contributed by atoms with E-state index >= 15 is 0 Å². The molecule has 0 bridgehead atoms. The summed E-state index contributed by atoms with van der Waals surface area (Å²) in [6.45, 7) is 5.55. The summed E-state index contributed by atoms with van der Waals surface area (Å²) in [5.74, 6) is 0.903. The topological polar surface area (TPSA) is 63.5 Å². The van der Waals surface area contributed by atoms with Crippen LogP contribution in [0.15, 0.2) is 54.9 Å². The number of benzene rings is 1. The van der Waals surface area contributed by atoms with Crippen LogP contribution in [0.3, 0.4) is 0 Å². The van der Waals surface area contributed by atoms with Gasteiger partial charge in [0.2, 0.25) is 0 Å². The Balaban J connectivity index is 1.27. The molecule has 170 valence electrons. The fourth-order valence-electron chi connectivity index (χ4n) is 5.53. The van der Waals surface area contributed by atoms with Crippen LogP contribution in [0.2, 0.25) is 0 Å². The quantitative estimate of drug-likeness (QED) is 0.617. The first kappa shape index (κ1) is 20.4. The van der Waals surface area contributed by atoms with E-state index in [9.17, 15) is 4.79 Å². The highest BCUT2D eigenvalue weighted by Crippen LogP contribution is 2.49. The van der Waals surface area contributed by atoms with Gasteiger partial charge in [-0.3, -0.25) is 14.5 Å². The molecule has 33 heavy (non-hydrogen) atoms. The Hall–Kier alpha value is -3.19. The van der Waals surface area contributed by atoms with Crippen molar-refractivity contribution in [2.24, 2.45) is 0 Å². The molecule has 3 aromatic rings. The van der Waals surface area contributed by atoms with E-state index in [1.807, 2.05) is 29.3 Å². The number of hydrogen-bond acceptors (Lipinski definition) is 5. The predicted molar refractivity (Wildman–Crippen MR) is 125 cm³/mol. The number of aromatic nitrogens is 3. The standard InChI is InChI=1S/C26H29N5O2/c32-25(22-8-3-4-12-27-22)30-15-10-26(11-16-30)21-19-28-31(18-17-29-13-5-6-14-29)24(21)20-7-1-2-9-23(20)33-26/h1-4,7-9,12,19H,5-6,10-11,13-18H2. The van der Waals surface area contributed by atoms with Crippen LogP contribution in [0.25, 0.3) is 11.3 Å². The molecule has 7 heteroatoms. The zero-order valence-corrected chi connectivity index (χ0v) is 18.8. The molecule has 1 spiro atoms. The van der Waals surface area contributed by atoms with E-state index in [-0.39, 0.29) is 5.91 Å². The highest BCUT2D eigenvalue weighted by atomic mass is 16.5. The fourth-order valence-corrected chi connectivity index (χ4v) is 5.53. The maximum Gasteiger partial charge on any atom is 0.272 e. The first-order valence-electron chi connectivity index (χ1n) is 12.0. The van der Waals surface area contributed by atoms with Crippen molar-refractivity contribution in [1.82, 2.24) is 24.6 Å². The summed E-state index contributed by atoms with van der Waals surface area (Å²) in [6.07, 6.45) is 7.75. The van der Waals surface area contributed by atoms with Crippen molar-refractivity contribution in [2.45, 2.75) is 37.8 Å². The Bertz CT molecular complexity index is 1140. The van der Waals surface area contributed by atoms with Crippen LogP contribution in [0.5, 0.6) is 5.75 Å². The summed E-state index contributed by atoms with van der Waals surface area (Å²) in [5, 5.41) is 4.83. The summed E-state index contributed by atoms with van der Waals surface area (Å²) >= 11 is 0.